The molecule has 0 radical (unpaired) electrons. The second-order valence-corrected chi connectivity index (χ2v) is 5.31. The summed E-state index contributed by atoms with van der Waals surface area (Å²) in [4.78, 5) is 42.3. The highest BCUT2D eigenvalue weighted by atomic mass is 16.3. The first-order chi connectivity index (χ1) is 12.6. The summed E-state index contributed by atoms with van der Waals surface area (Å²) in [5.74, 6) is -1.06. The number of carbonyl (C=O) groups excluding carboxylic acids is 4. The maximum atomic E-state index is 11.0. The van der Waals surface area contributed by atoms with E-state index in [0.29, 0.717) is 34.9 Å². The molecule has 0 N–H and O–H groups in total. The van der Waals surface area contributed by atoms with E-state index in [4.69, 9.17) is 8.83 Å². The zero-order chi connectivity index (χ0) is 18.5. The first kappa shape index (κ1) is 17.0. The lowest BCUT2D eigenvalue weighted by Crippen LogP contribution is -1.98. The van der Waals surface area contributed by atoms with Crippen LogP contribution in [0.25, 0.3) is 21.9 Å². The van der Waals surface area contributed by atoms with Crippen molar-refractivity contribution in [2.75, 3.05) is 0 Å². The predicted octanol–water partition coefficient (Wildman–Crippen LogP) is 3.63. The van der Waals surface area contributed by atoms with Crippen LogP contribution < -0.4 is 0 Å². The molecule has 0 saturated carbocycles. The zero-order valence-electron chi connectivity index (χ0n) is 13.4. The highest BCUT2D eigenvalue weighted by Crippen LogP contribution is 2.17. The SMILES string of the molecule is O=CC(=O)c1ccc2ccoc2c1.O=CC(=O)c1ccc2ccoc2c1. The van der Waals surface area contributed by atoms with Gasteiger partial charge in [0.1, 0.15) is 11.2 Å². The van der Waals surface area contributed by atoms with Crippen LogP contribution in [0.3, 0.4) is 0 Å². The average Bonchev–Trinajstić information content (AvgIpc) is 3.34. The summed E-state index contributed by atoms with van der Waals surface area (Å²) >= 11 is 0. The molecule has 26 heavy (non-hydrogen) atoms. The monoisotopic (exact) mass is 348 g/mol. The van der Waals surface area contributed by atoms with Gasteiger partial charge in [-0.2, -0.15) is 0 Å². The van der Waals surface area contributed by atoms with Gasteiger partial charge in [-0.25, -0.2) is 0 Å². The number of benzene rings is 2. The number of aldehydes is 2. The summed E-state index contributed by atoms with van der Waals surface area (Å²) in [6, 6.07) is 13.4. The predicted molar refractivity (Wildman–Crippen MR) is 93.2 cm³/mol. The Morgan fingerprint density at radius 2 is 1.08 bits per heavy atom. The number of rotatable bonds is 4. The fraction of sp³-hybridized carbons (Fsp3) is 0. The van der Waals surface area contributed by atoms with Crippen molar-refractivity contribution in [2.24, 2.45) is 0 Å². The molecule has 0 saturated heterocycles. The minimum atomic E-state index is -0.529. The summed E-state index contributed by atoms with van der Waals surface area (Å²) < 4.78 is 10.2. The molecule has 2 aromatic carbocycles. The second-order valence-electron chi connectivity index (χ2n) is 5.31. The number of hydrogen-bond donors (Lipinski definition) is 0. The van der Waals surface area contributed by atoms with Gasteiger partial charge >= 0.3 is 0 Å². The van der Waals surface area contributed by atoms with Crippen molar-refractivity contribution in [3.8, 4) is 0 Å². The molecule has 4 aromatic rings. The van der Waals surface area contributed by atoms with E-state index in [1.807, 2.05) is 0 Å². The van der Waals surface area contributed by atoms with E-state index in [0.717, 1.165) is 10.8 Å². The molecule has 0 aliphatic rings. The lowest BCUT2D eigenvalue weighted by Gasteiger charge is -1.92. The van der Waals surface area contributed by atoms with E-state index in [-0.39, 0.29) is 0 Å². The quantitative estimate of drug-likeness (QED) is 0.317. The van der Waals surface area contributed by atoms with Crippen LogP contribution in [-0.4, -0.2) is 24.1 Å². The van der Waals surface area contributed by atoms with E-state index in [2.05, 4.69) is 0 Å². The highest BCUT2D eigenvalue weighted by molar-refractivity contribution is 6.34. The molecule has 128 valence electrons. The topological polar surface area (TPSA) is 94.6 Å². The number of carbonyl (C=O) groups is 4. The molecule has 0 aliphatic heterocycles. The molecule has 0 amide bonds. The van der Waals surface area contributed by atoms with Crippen molar-refractivity contribution in [1.29, 1.82) is 0 Å². The molecule has 2 aromatic heterocycles. The molecule has 6 heteroatoms. The van der Waals surface area contributed by atoms with Crippen molar-refractivity contribution in [2.45, 2.75) is 0 Å². The normalized spacial score (nSPS) is 10.2. The third kappa shape index (κ3) is 3.49. The van der Waals surface area contributed by atoms with Crippen molar-refractivity contribution in [3.05, 3.63) is 72.2 Å². The Hall–Kier alpha value is -3.80. The standard InChI is InChI=1S/2C10H6O3/c2*11-6-9(12)8-2-1-7-3-4-13-10(7)5-8/h2*1-6H. The zero-order valence-corrected chi connectivity index (χ0v) is 13.4. The Kier molecular flexibility index (Phi) is 4.85. The molecular formula is C20H12O6. The fourth-order valence-electron chi connectivity index (χ4n) is 2.35. The minimum Gasteiger partial charge on any atom is -0.464 e. The van der Waals surface area contributed by atoms with Crippen LogP contribution in [0, 0.1) is 0 Å². The van der Waals surface area contributed by atoms with Crippen LogP contribution >= 0.6 is 0 Å². The number of fused-ring (bicyclic) bond motifs is 2. The van der Waals surface area contributed by atoms with Crippen molar-refractivity contribution in [1.82, 2.24) is 0 Å². The largest absolute Gasteiger partial charge is 0.464 e. The van der Waals surface area contributed by atoms with Crippen molar-refractivity contribution >= 4 is 46.1 Å². The van der Waals surface area contributed by atoms with Gasteiger partial charge in [0.05, 0.1) is 12.5 Å². The number of hydrogen-bond acceptors (Lipinski definition) is 6. The molecule has 0 fully saturated rings. The Bertz CT molecular complexity index is 1030. The van der Waals surface area contributed by atoms with Gasteiger partial charge in [-0.15, -0.1) is 0 Å². The van der Waals surface area contributed by atoms with E-state index in [1.54, 1.807) is 61.1 Å². The molecule has 0 atom stereocenters. The van der Waals surface area contributed by atoms with Crippen molar-refractivity contribution in [3.63, 3.8) is 0 Å². The van der Waals surface area contributed by atoms with Crippen LogP contribution in [0.5, 0.6) is 0 Å². The van der Waals surface area contributed by atoms with Crippen molar-refractivity contribution < 1.29 is 28.0 Å². The van der Waals surface area contributed by atoms with Gasteiger partial charge in [0.15, 0.2) is 12.6 Å². The summed E-state index contributed by atoms with van der Waals surface area (Å²) in [7, 11) is 0. The van der Waals surface area contributed by atoms with Gasteiger partial charge < -0.3 is 8.83 Å². The summed E-state index contributed by atoms with van der Waals surface area (Å²) in [5.41, 5.74) is 1.95. The summed E-state index contributed by atoms with van der Waals surface area (Å²) in [6.07, 6.45) is 3.67. The van der Waals surface area contributed by atoms with E-state index >= 15 is 0 Å². The molecule has 4 rings (SSSR count). The minimum absolute atomic E-state index is 0.296. The Balaban J connectivity index is 0.000000151. The number of Topliss-reactive ketones (excluding diaryl/α,β-unsaturated/α-hetero) is 2. The third-order valence-corrected chi connectivity index (χ3v) is 3.70. The Morgan fingerprint density at radius 1 is 0.654 bits per heavy atom. The highest BCUT2D eigenvalue weighted by Gasteiger charge is 2.06. The van der Waals surface area contributed by atoms with Gasteiger partial charge in [-0.05, 0) is 24.3 Å². The Morgan fingerprint density at radius 3 is 1.46 bits per heavy atom. The average molecular weight is 348 g/mol. The van der Waals surface area contributed by atoms with Gasteiger partial charge in [0.25, 0.3) is 0 Å². The molecular weight excluding hydrogens is 336 g/mol. The molecule has 2 heterocycles. The van der Waals surface area contributed by atoms with Crippen LogP contribution in [0.2, 0.25) is 0 Å². The Labute approximate surface area is 147 Å². The summed E-state index contributed by atoms with van der Waals surface area (Å²) in [5, 5.41) is 1.84. The van der Waals surface area contributed by atoms with E-state index in [1.165, 1.54) is 0 Å². The second kappa shape index (κ2) is 7.40. The van der Waals surface area contributed by atoms with E-state index < -0.39 is 11.6 Å². The van der Waals surface area contributed by atoms with Crippen LogP contribution in [0.15, 0.2) is 69.9 Å². The molecule has 6 nitrogen and oxygen atoms in total. The molecule has 0 spiro atoms. The maximum absolute atomic E-state index is 11.0. The smallest absolute Gasteiger partial charge is 0.225 e. The molecule has 0 aliphatic carbocycles. The van der Waals surface area contributed by atoms with Gasteiger partial charge in [0.2, 0.25) is 11.6 Å². The van der Waals surface area contributed by atoms with Crippen LogP contribution in [0.4, 0.5) is 0 Å². The van der Waals surface area contributed by atoms with Gasteiger partial charge in [-0.3, -0.25) is 19.2 Å². The lowest BCUT2D eigenvalue weighted by molar-refractivity contribution is -0.105. The fourth-order valence-corrected chi connectivity index (χ4v) is 2.35. The third-order valence-electron chi connectivity index (χ3n) is 3.70. The van der Waals surface area contributed by atoms with Gasteiger partial charge in [-0.1, -0.05) is 24.3 Å². The lowest BCUT2D eigenvalue weighted by atomic mass is 10.1. The maximum Gasteiger partial charge on any atom is 0.225 e. The van der Waals surface area contributed by atoms with Crippen LogP contribution in [-0.2, 0) is 9.59 Å². The first-order valence-electron chi connectivity index (χ1n) is 7.56. The first-order valence-corrected chi connectivity index (χ1v) is 7.56. The molecule has 0 unspecified atom stereocenters. The molecule has 0 bridgehead atoms. The van der Waals surface area contributed by atoms with Gasteiger partial charge in [0, 0.05) is 21.9 Å². The number of furan rings is 2. The summed E-state index contributed by atoms with van der Waals surface area (Å²) in [6.45, 7) is 0. The number of ketones is 2. The van der Waals surface area contributed by atoms with Crippen LogP contribution in [0.1, 0.15) is 20.7 Å². The van der Waals surface area contributed by atoms with E-state index in [9.17, 15) is 19.2 Å².